The fourth-order valence-corrected chi connectivity index (χ4v) is 3.21. The van der Waals surface area contributed by atoms with Gasteiger partial charge in [0.25, 0.3) is 0 Å². The number of rotatable bonds is 6. The van der Waals surface area contributed by atoms with Gasteiger partial charge in [-0.25, -0.2) is 4.98 Å². The maximum atomic E-state index is 4.79. The first-order valence-electron chi connectivity index (χ1n) is 6.86. The van der Waals surface area contributed by atoms with Crippen molar-refractivity contribution >= 4 is 22.1 Å². The van der Waals surface area contributed by atoms with Crippen molar-refractivity contribution in [2.45, 2.75) is 39.8 Å². The van der Waals surface area contributed by atoms with E-state index >= 15 is 0 Å². The van der Waals surface area contributed by atoms with Gasteiger partial charge in [-0.1, -0.05) is 13.8 Å². The van der Waals surface area contributed by atoms with E-state index in [1.807, 2.05) is 7.05 Å². The lowest BCUT2D eigenvalue weighted by molar-refractivity contribution is 0.501. The van der Waals surface area contributed by atoms with Crippen LogP contribution in [-0.4, -0.2) is 29.5 Å². The third kappa shape index (κ3) is 2.92. The fraction of sp³-hybridized carbons (Fsp3) is 0.643. The highest BCUT2D eigenvalue weighted by atomic mass is 32.1. The Labute approximate surface area is 119 Å². The Morgan fingerprint density at radius 3 is 2.79 bits per heavy atom. The first kappa shape index (κ1) is 14.3. The number of aromatic nitrogens is 2. The fourth-order valence-electron chi connectivity index (χ4n) is 2.48. The Balaban J connectivity index is 2.32. The van der Waals surface area contributed by atoms with E-state index in [-0.39, 0.29) is 0 Å². The summed E-state index contributed by atoms with van der Waals surface area (Å²) in [6.07, 6.45) is 3.28. The van der Waals surface area contributed by atoms with Gasteiger partial charge in [0.2, 0.25) is 0 Å². The van der Waals surface area contributed by atoms with Crippen LogP contribution in [0, 0.1) is 5.92 Å². The summed E-state index contributed by atoms with van der Waals surface area (Å²) in [7, 11) is 4.13. The van der Waals surface area contributed by atoms with E-state index in [4.69, 9.17) is 4.98 Å². The van der Waals surface area contributed by atoms with E-state index in [2.05, 4.69) is 54.0 Å². The van der Waals surface area contributed by atoms with Crippen LogP contribution in [0.15, 0.2) is 11.6 Å². The molecule has 5 heteroatoms. The summed E-state index contributed by atoms with van der Waals surface area (Å²) < 4.78 is 2.19. The summed E-state index contributed by atoms with van der Waals surface area (Å²) in [5, 5.41) is 5.33. The van der Waals surface area contributed by atoms with Crippen molar-refractivity contribution in [1.82, 2.24) is 14.7 Å². The lowest BCUT2D eigenvalue weighted by atomic mass is 10.0. The third-order valence-corrected chi connectivity index (χ3v) is 4.25. The molecule has 0 amide bonds. The number of hydrogen-bond donors (Lipinski definition) is 1. The molecule has 0 saturated carbocycles. The molecule has 4 nitrogen and oxygen atoms in total. The highest BCUT2D eigenvalue weighted by Crippen LogP contribution is 2.26. The molecule has 2 rings (SSSR count). The highest BCUT2D eigenvalue weighted by molar-refractivity contribution is 7.15. The maximum absolute atomic E-state index is 4.79. The van der Waals surface area contributed by atoms with Gasteiger partial charge in [-0.05, 0) is 26.3 Å². The molecule has 0 aromatic carbocycles. The second-order valence-electron chi connectivity index (χ2n) is 5.56. The quantitative estimate of drug-likeness (QED) is 0.883. The van der Waals surface area contributed by atoms with Crippen LogP contribution >= 0.6 is 11.3 Å². The normalized spacial score (nSPS) is 13.4. The van der Waals surface area contributed by atoms with Crippen LogP contribution in [0.5, 0.6) is 0 Å². The smallest absolute Gasteiger partial charge is 0.195 e. The molecule has 2 heterocycles. The molecule has 0 aliphatic rings. The summed E-state index contributed by atoms with van der Waals surface area (Å²) in [5.41, 5.74) is 1.25. The predicted octanol–water partition coefficient (Wildman–Crippen LogP) is 2.99. The lowest BCUT2D eigenvalue weighted by Gasteiger charge is -2.27. The van der Waals surface area contributed by atoms with E-state index in [0.717, 1.165) is 17.3 Å². The first-order chi connectivity index (χ1) is 9.04. The standard InChI is InChI=1S/C14H24N4S/c1-10(2)8-11(3)17(5)13-12(9-15-4)18-6-7-19-14(18)16-13/h6-7,10-11,15H,8-9H2,1-5H3. The number of anilines is 1. The highest BCUT2D eigenvalue weighted by Gasteiger charge is 2.20. The average Bonchev–Trinajstić information content (AvgIpc) is 2.90. The van der Waals surface area contributed by atoms with Crippen molar-refractivity contribution in [2.75, 3.05) is 19.0 Å². The van der Waals surface area contributed by atoms with Crippen molar-refractivity contribution in [3.8, 4) is 0 Å². The van der Waals surface area contributed by atoms with Crippen LogP contribution in [0.2, 0.25) is 0 Å². The molecule has 1 unspecified atom stereocenters. The molecule has 0 spiro atoms. The van der Waals surface area contributed by atoms with E-state index in [0.29, 0.717) is 12.0 Å². The monoisotopic (exact) mass is 280 g/mol. The Bertz CT molecular complexity index is 529. The second-order valence-corrected chi connectivity index (χ2v) is 6.43. The number of nitrogens with zero attached hydrogens (tertiary/aromatic N) is 3. The van der Waals surface area contributed by atoms with Gasteiger partial charge < -0.3 is 10.2 Å². The van der Waals surface area contributed by atoms with E-state index in [9.17, 15) is 0 Å². The molecular formula is C14H24N4S. The van der Waals surface area contributed by atoms with Crippen LogP contribution in [0.3, 0.4) is 0 Å². The van der Waals surface area contributed by atoms with Gasteiger partial charge in [0.1, 0.15) is 0 Å². The Hall–Kier alpha value is -1.07. The molecule has 106 valence electrons. The van der Waals surface area contributed by atoms with Crippen molar-refractivity contribution in [1.29, 1.82) is 0 Å². The second kappa shape index (κ2) is 5.92. The molecule has 0 fully saturated rings. The molecule has 0 saturated heterocycles. The first-order valence-corrected chi connectivity index (χ1v) is 7.74. The van der Waals surface area contributed by atoms with Crippen molar-refractivity contribution < 1.29 is 0 Å². The zero-order valence-electron chi connectivity index (χ0n) is 12.5. The Morgan fingerprint density at radius 1 is 1.42 bits per heavy atom. The summed E-state index contributed by atoms with van der Waals surface area (Å²) >= 11 is 1.69. The minimum absolute atomic E-state index is 0.500. The van der Waals surface area contributed by atoms with E-state index in [1.54, 1.807) is 11.3 Å². The molecule has 0 bridgehead atoms. The molecule has 1 atom stereocenters. The van der Waals surface area contributed by atoms with Crippen LogP contribution in [0.4, 0.5) is 5.82 Å². The molecule has 19 heavy (non-hydrogen) atoms. The van der Waals surface area contributed by atoms with E-state index < -0.39 is 0 Å². The number of imidazole rings is 1. The topological polar surface area (TPSA) is 32.6 Å². The minimum Gasteiger partial charge on any atom is -0.355 e. The van der Waals surface area contributed by atoms with Crippen molar-refractivity contribution in [3.63, 3.8) is 0 Å². The number of thiazole rings is 1. The molecular weight excluding hydrogens is 256 g/mol. The summed E-state index contributed by atoms with van der Waals surface area (Å²) in [6.45, 7) is 7.65. The number of hydrogen-bond acceptors (Lipinski definition) is 4. The largest absolute Gasteiger partial charge is 0.355 e. The van der Waals surface area contributed by atoms with E-state index in [1.165, 1.54) is 12.1 Å². The van der Waals surface area contributed by atoms with Gasteiger partial charge in [0.15, 0.2) is 10.8 Å². The maximum Gasteiger partial charge on any atom is 0.195 e. The predicted molar refractivity (Wildman–Crippen MR) is 83.2 cm³/mol. The third-order valence-electron chi connectivity index (χ3n) is 3.49. The van der Waals surface area contributed by atoms with Crippen molar-refractivity contribution in [2.24, 2.45) is 5.92 Å². The summed E-state index contributed by atoms with van der Waals surface area (Å²) in [4.78, 5) is 8.17. The zero-order chi connectivity index (χ0) is 14.0. The Morgan fingerprint density at radius 2 is 2.16 bits per heavy atom. The van der Waals surface area contributed by atoms with Gasteiger partial charge in [-0.2, -0.15) is 0 Å². The molecule has 2 aromatic heterocycles. The lowest BCUT2D eigenvalue weighted by Crippen LogP contribution is -2.31. The van der Waals surface area contributed by atoms with Crippen LogP contribution < -0.4 is 10.2 Å². The SMILES string of the molecule is CNCc1c(N(C)C(C)CC(C)C)nc2sccn12. The molecule has 0 aliphatic heterocycles. The van der Waals surface area contributed by atoms with Gasteiger partial charge in [-0.3, -0.25) is 4.40 Å². The molecule has 2 aromatic rings. The average molecular weight is 280 g/mol. The number of fused-ring (bicyclic) bond motifs is 1. The van der Waals surface area contributed by atoms with Crippen LogP contribution in [0.25, 0.3) is 4.96 Å². The number of nitrogens with one attached hydrogen (secondary N) is 1. The molecule has 0 radical (unpaired) electrons. The van der Waals surface area contributed by atoms with Crippen LogP contribution in [0.1, 0.15) is 32.9 Å². The Kier molecular flexibility index (Phi) is 4.47. The zero-order valence-corrected chi connectivity index (χ0v) is 13.3. The van der Waals surface area contributed by atoms with Crippen LogP contribution in [-0.2, 0) is 6.54 Å². The van der Waals surface area contributed by atoms with Crippen molar-refractivity contribution in [3.05, 3.63) is 17.3 Å². The van der Waals surface area contributed by atoms with Gasteiger partial charge in [-0.15, -0.1) is 11.3 Å². The minimum atomic E-state index is 0.500. The van der Waals surface area contributed by atoms with Gasteiger partial charge in [0, 0.05) is 31.2 Å². The van der Waals surface area contributed by atoms with Gasteiger partial charge >= 0.3 is 0 Å². The summed E-state index contributed by atoms with van der Waals surface area (Å²) in [6, 6.07) is 0.500. The van der Waals surface area contributed by atoms with Gasteiger partial charge in [0.05, 0.1) is 5.69 Å². The molecule has 1 N–H and O–H groups in total. The molecule has 0 aliphatic carbocycles. The summed E-state index contributed by atoms with van der Waals surface area (Å²) in [5.74, 6) is 1.81.